The lowest BCUT2D eigenvalue weighted by Crippen LogP contribution is -2.47. The smallest absolute Gasteiger partial charge is 0.326 e. The molecule has 0 aliphatic rings. The molecule has 7 heteroatoms. The molecule has 0 saturated heterocycles. The Hall–Kier alpha value is -1.60. The van der Waals surface area contributed by atoms with E-state index in [1.165, 1.54) is 0 Å². The molecule has 0 spiro atoms. The third-order valence-corrected chi connectivity index (χ3v) is 3.78. The summed E-state index contributed by atoms with van der Waals surface area (Å²) in [5.74, 6) is -1.16. The van der Waals surface area contributed by atoms with Crippen molar-refractivity contribution in [3.63, 3.8) is 0 Å². The Bertz CT molecular complexity index is 422. The van der Waals surface area contributed by atoms with Crippen LogP contribution in [0.25, 0.3) is 0 Å². The summed E-state index contributed by atoms with van der Waals surface area (Å²) in [5.41, 5.74) is 0. The first-order valence-electron chi connectivity index (χ1n) is 6.52. The maximum Gasteiger partial charge on any atom is 0.326 e. The number of thiophene rings is 1. The Morgan fingerprint density at radius 2 is 2.10 bits per heavy atom. The van der Waals surface area contributed by atoms with Gasteiger partial charge in [-0.15, -0.1) is 11.3 Å². The van der Waals surface area contributed by atoms with Crippen molar-refractivity contribution >= 4 is 23.3 Å². The first-order chi connectivity index (χ1) is 9.58. The first-order valence-corrected chi connectivity index (χ1v) is 7.40. The van der Waals surface area contributed by atoms with E-state index in [9.17, 15) is 9.59 Å². The summed E-state index contributed by atoms with van der Waals surface area (Å²) in [5, 5.41) is 24.8. The quantitative estimate of drug-likeness (QED) is 0.587. The minimum absolute atomic E-state index is 0.0137. The van der Waals surface area contributed by atoms with Crippen LogP contribution in [0.15, 0.2) is 17.5 Å². The van der Waals surface area contributed by atoms with Crippen LogP contribution in [0.3, 0.4) is 0 Å². The highest BCUT2D eigenvalue weighted by molar-refractivity contribution is 7.10. The summed E-state index contributed by atoms with van der Waals surface area (Å²) in [6, 6.07) is 2.12. The Morgan fingerprint density at radius 1 is 1.35 bits per heavy atom. The average Bonchev–Trinajstić information content (AvgIpc) is 2.91. The number of rotatable bonds is 8. The molecule has 6 nitrogen and oxygen atoms in total. The van der Waals surface area contributed by atoms with E-state index in [1.54, 1.807) is 11.3 Å². The number of urea groups is 1. The van der Waals surface area contributed by atoms with Crippen molar-refractivity contribution < 1.29 is 19.8 Å². The maximum atomic E-state index is 11.9. The lowest BCUT2D eigenvalue weighted by atomic mass is 10.1. The molecule has 0 aromatic carbocycles. The normalized spacial score (nSPS) is 13.5. The van der Waals surface area contributed by atoms with E-state index in [2.05, 4.69) is 10.6 Å². The molecular formula is C13H20N2O4S. The highest BCUT2D eigenvalue weighted by atomic mass is 32.1. The van der Waals surface area contributed by atoms with Gasteiger partial charge in [0, 0.05) is 17.9 Å². The molecule has 1 rings (SSSR count). The minimum atomic E-state index is -1.16. The molecule has 1 aromatic heterocycles. The zero-order valence-corrected chi connectivity index (χ0v) is 12.2. The molecule has 0 radical (unpaired) electrons. The fourth-order valence-corrected chi connectivity index (χ4v) is 2.62. The topological polar surface area (TPSA) is 98.7 Å². The molecule has 0 aliphatic carbocycles. The number of carbonyl (C=O) groups is 2. The monoisotopic (exact) mass is 300 g/mol. The van der Waals surface area contributed by atoms with Crippen LogP contribution in [0.1, 0.15) is 37.1 Å². The van der Waals surface area contributed by atoms with Crippen LogP contribution >= 0.6 is 11.3 Å². The number of amides is 2. The van der Waals surface area contributed by atoms with Gasteiger partial charge < -0.3 is 20.8 Å². The van der Waals surface area contributed by atoms with E-state index in [-0.39, 0.29) is 19.1 Å². The average molecular weight is 300 g/mol. The third-order valence-electron chi connectivity index (χ3n) is 2.79. The predicted octanol–water partition coefficient (Wildman–Crippen LogP) is 1.72. The van der Waals surface area contributed by atoms with Crippen LogP contribution in [0.5, 0.6) is 0 Å². The molecule has 0 aliphatic heterocycles. The summed E-state index contributed by atoms with van der Waals surface area (Å²) in [4.78, 5) is 23.8. The van der Waals surface area contributed by atoms with Crippen LogP contribution in [0.4, 0.5) is 4.79 Å². The van der Waals surface area contributed by atoms with E-state index in [4.69, 9.17) is 10.2 Å². The SMILES string of the molecule is CCCC(NC(=O)N[C@@H](CCO)C(=O)O)c1cccs1. The summed E-state index contributed by atoms with van der Waals surface area (Å²) in [6.45, 7) is 1.73. The standard InChI is InChI=1S/C13H20N2O4S/c1-2-4-9(11-5-3-8-20-11)14-13(19)15-10(6-7-16)12(17)18/h3,5,8-10,16H,2,4,6-7H2,1H3,(H,17,18)(H2,14,15,19)/t9?,10-/m0/s1. The van der Waals surface area contributed by atoms with Crippen LogP contribution in [0.2, 0.25) is 0 Å². The van der Waals surface area contributed by atoms with E-state index in [0.717, 1.165) is 17.7 Å². The highest BCUT2D eigenvalue weighted by Gasteiger charge is 2.21. The van der Waals surface area contributed by atoms with Crippen molar-refractivity contribution in [3.05, 3.63) is 22.4 Å². The number of aliphatic hydroxyl groups excluding tert-OH is 1. The van der Waals surface area contributed by atoms with Crippen LogP contribution in [-0.2, 0) is 4.79 Å². The summed E-state index contributed by atoms with van der Waals surface area (Å²) < 4.78 is 0. The Morgan fingerprint density at radius 3 is 2.60 bits per heavy atom. The van der Waals surface area contributed by atoms with Gasteiger partial charge in [-0.25, -0.2) is 9.59 Å². The molecule has 0 fully saturated rings. The number of nitrogens with one attached hydrogen (secondary N) is 2. The van der Waals surface area contributed by atoms with E-state index >= 15 is 0 Å². The second kappa shape index (κ2) is 8.55. The van der Waals surface area contributed by atoms with Gasteiger partial charge in [-0.3, -0.25) is 0 Å². The van der Waals surface area contributed by atoms with Crippen molar-refractivity contribution in [1.29, 1.82) is 0 Å². The van der Waals surface area contributed by atoms with Gasteiger partial charge in [0.15, 0.2) is 0 Å². The second-order valence-electron chi connectivity index (χ2n) is 4.38. The van der Waals surface area contributed by atoms with Gasteiger partial charge in [0.25, 0.3) is 0 Å². The summed E-state index contributed by atoms with van der Waals surface area (Å²) in [6.07, 6.45) is 1.67. The number of hydrogen-bond acceptors (Lipinski definition) is 4. The van der Waals surface area contributed by atoms with Gasteiger partial charge in [0.2, 0.25) is 0 Å². The molecule has 0 saturated carbocycles. The van der Waals surface area contributed by atoms with Crippen molar-refractivity contribution in [2.24, 2.45) is 0 Å². The lowest BCUT2D eigenvalue weighted by molar-refractivity contribution is -0.139. The molecular weight excluding hydrogens is 280 g/mol. The fourth-order valence-electron chi connectivity index (χ4n) is 1.81. The van der Waals surface area contributed by atoms with Gasteiger partial charge in [-0.2, -0.15) is 0 Å². The third kappa shape index (κ3) is 5.18. The maximum absolute atomic E-state index is 11.9. The molecule has 4 N–H and O–H groups in total. The molecule has 20 heavy (non-hydrogen) atoms. The van der Waals surface area contributed by atoms with E-state index in [1.807, 2.05) is 24.4 Å². The van der Waals surface area contributed by atoms with Gasteiger partial charge in [-0.05, 0) is 17.9 Å². The minimum Gasteiger partial charge on any atom is -0.480 e. The highest BCUT2D eigenvalue weighted by Crippen LogP contribution is 2.22. The summed E-state index contributed by atoms with van der Waals surface area (Å²) >= 11 is 1.55. The zero-order chi connectivity index (χ0) is 15.0. The predicted molar refractivity (Wildman–Crippen MR) is 76.8 cm³/mol. The number of carboxylic acids is 1. The van der Waals surface area contributed by atoms with Gasteiger partial charge >= 0.3 is 12.0 Å². The number of hydrogen-bond donors (Lipinski definition) is 4. The largest absolute Gasteiger partial charge is 0.480 e. The second-order valence-corrected chi connectivity index (χ2v) is 5.36. The zero-order valence-electron chi connectivity index (χ0n) is 11.3. The van der Waals surface area contributed by atoms with Crippen LogP contribution in [-0.4, -0.2) is 34.9 Å². The first kappa shape index (κ1) is 16.5. The molecule has 2 atom stereocenters. The molecule has 112 valence electrons. The Labute approximate surface area is 121 Å². The number of carboxylic acid groups (broad SMARTS) is 1. The van der Waals surface area contributed by atoms with Crippen molar-refractivity contribution in [2.45, 2.75) is 38.3 Å². The van der Waals surface area contributed by atoms with E-state index in [0.29, 0.717) is 0 Å². The molecule has 1 unspecified atom stereocenters. The van der Waals surface area contributed by atoms with Crippen molar-refractivity contribution in [1.82, 2.24) is 10.6 Å². The molecule has 1 aromatic rings. The van der Waals surface area contributed by atoms with Gasteiger partial charge in [0.1, 0.15) is 6.04 Å². The van der Waals surface area contributed by atoms with Gasteiger partial charge in [-0.1, -0.05) is 19.4 Å². The van der Waals surface area contributed by atoms with Crippen LogP contribution < -0.4 is 10.6 Å². The van der Waals surface area contributed by atoms with Crippen LogP contribution in [0, 0.1) is 0 Å². The van der Waals surface area contributed by atoms with Crippen molar-refractivity contribution in [3.8, 4) is 0 Å². The number of aliphatic hydroxyl groups is 1. The molecule has 1 heterocycles. The number of aliphatic carboxylic acids is 1. The lowest BCUT2D eigenvalue weighted by Gasteiger charge is -2.19. The Kier molecular flexibility index (Phi) is 7.03. The summed E-state index contributed by atoms with van der Waals surface area (Å²) in [7, 11) is 0. The number of carbonyl (C=O) groups excluding carboxylic acids is 1. The fraction of sp³-hybridized carbons (Fsp3) is 0.538. The molecule has 0 bridgehead atoms. The van der Waals surface area contributed by atoms with Gasteiger partial charge in [0.05, 0.1) is 6.04 Å². The van der Waals surface area contributed by atoms with Crippen molar-refractivity contribution in [2.75, 3.05) is 6.61 Å². The molecule has 2 amide bonds. The Balaban J connectivity index is 2.59. The van der Waals surface area contributed by atoms with E-state index < -0.39 is 18.0 Å².